The van der Waals surface area contributed by atoms with Crippen molar-refractivity contribution in [3.8, 4) is 0 Å². The molecule has 1 fully saturated rings. The van der Waals surface area contributed by atoms with Gasteiger partial charge >= 0.3 is 0 Å². The smallest absolute Gasteiger partial charge is 0.243 e. The first kappa shape index (κ1) is 20.3. The van der Waals surface area contributed by atoms with E-state index in [2.05, 4.69) is 10.6 Å². The van der Waals surface area contributed by atoms with Crippen molar-refractivity contribution < 1.29 is 18.0 Å². The molecule has 2 atom stereocenters. The third-order valence-electron chi connectivity index (χ3n) is 4.56. The molecule has 2 rings (SSSR count). The summed E-state index contributed by atoms with van der Waals surface area (Å²) in [6, 6.07) is 5.83. The molecule has 2 amide bonds. The molecule has 0 saturated heterocycles. The second-order valence-electron chi connectivity index (χ2n) is 6.57. The highest BCUT2D eigenvalue weighted by Gasteiger charge is 2.29. The molecule has 1 saturated carbocycles. The molecule has 8 nitrogen and oxygen atoms in total. The monoisotopic (exact) mass is 382 g/mol. The van der Waals surface area contributed by atoms with E-state index in [4.69, 9.17) is 5.73 Å². The minimum absolute atomic E-state index is 0.0144. The predicted molar refractivity (Wildman–Crippen MR) is 98.9 cm³/mol. The molecule has 1 aromatic carbocycles. The molecule has 2 unspecified atom stereocenters. The number of sulfonamides is 1. The van der Waals surface area contributed by atoms with E-state index in [1.54, 1.807) is 0 Å². The highest BCUT2D eigenvalue weighted by Crippen LogP contribution is 2.24. The summed E-state index contributed by atoms with van der Waals surface area (Å²) in [5, 5.41) is 5.47. The maximum absolute atomic E-state index is 12.6. The van der Waals surface area contributed by atoms with Crippen molar-refractivity contribution in [1.29, 1.82) is 0 Å². The van der Waals surface area contributed by atoms with E-state index < -0.39 is 10.0 Å². The molecule has 1 aliphatic rings. The van der Waals surface area contributed by atoms with E-state index in [0.29, 0.717) is 12.2 Å². The first-order valence-electron chi connectivity index (χ1n) is 8.57. The number of nitrogens with zero attached hydrogens (tertiary/aromatic N) is 1. The molecule has 9 heteroatoms. The molecular formula is C17H26N4O4S. The van der Waals surface area contributed by atoms with Gasteiger partial charge in [0.1, 0.15) is 0 Å². The van der Waals surface area contributed by atoms with Crippen molar-refractivity contribution in [3.05, 3.63) is 24.3 Å². The number of likely N-dealkylation sites (N-methyl/N-ethyl adjacent to an activating group) is 1. The Labute approximate surface area is 154 Å². The lowest BCUT2D eigenvalue weighted by molar-refractivity contribution is -0.122. The molecule has 1 aliphatic carbocycles. The van der Waals surface area contributed by atoms with Crippen molar-refractivity contribution in [2.24, 2.45) is 11.7 Å². The van der Waals surface area contributed by atoms with Gasteiger partial charge in [-0.1, -0.05) is 6.42 Å². The first-order chi connectivity index (χ1) is 12.2. The second-order valence-corrected chi connectivity index (χ2v) is 8.61. The Kier molecular flexibility index (Phi) is 6.74. The molecule has 1 aromatic rings. The van der Waals surface area contributed by atoms with Crippen LogP contribution in [0, 0.1) is 5.92 Å². The average Bonchev–Trinajstić information content (AvgIpc) is 3.01. The lowest BCUT2D eigenvalue weighted by atomic mass is 10.0. The van der Waals surface area contributed by atoms with Gasteiger partial charge in [-0.25, -0.2) is 8.42 Å². The number of nitrogens with two attached hydrogens (primary N) is 1. The van der Waals surface area contributed by atoms with Crippen molar-refractivity contribution in [2.75, 3.05) is 25.5 Å². The number of amides is 2. The summed E-state index contributed by atoms with van der Waals surface area (Å²) in [5.74, 6) is -0.324. The number of hydrogen-bond donors (Lipinski definition) is 3. The quantitative estimate of drug-likeness (QED) is 0.634. The molecule has 0 aromatic heterocycles. The third-order valence-corrected chi connectivity index (χ3v) is 6.37. The van der Waals surface area contributed by atoms with E-state index in [9.17, 15) is 18.0 Å². The Morgan fingerprint density at radius 1 is 1.23 bits per heavy atom. The van der Waals surface area contributed by atoms with Gasteiger partial charge in [-0.05, 0) is 49.6 Å². The molecule has 0 heterocycles. The van der Waals surface area contributed by atoms with Gasteiger partial charge in [-0.3, -0.25) is 9.59 Å². The standard InChI is InChI=1S/C17H26N4O4S/c1-12(22)19-14-6-8-15(9-7-14)26(24,25)21(2)11-17(23)20-16-5-3-4-13(16)10-18/h6-9,13,16H,3-5,10-11,18H2,1-2H3,(H,19,22)(H,20,23). The van der Waals surface area contributed by atoms with Gasteiger partial charge in [0.2, 0.25) is 21.8 Å². The zero-order valence-corrected chi connectivity index (χ0v) is 15.9. The molecule has 0 aliphatic heterocycles. The SMILES string of the molecule is CC(=O)Nc1ccc(S(=O)(=O)N(C)CC(=O)NC2CCCC2CN)cc1. The lowest BCUT2D eigenvalue weighted by Crippen LogP contribution is -2.45. The van der Waals surface area contributed by atoms with Crippen LogP contribution in [-0.4, -0.2) is 50.7 Å². The molecule has 144 valence electrons. The predicted octanol–water partition coefficient (Wildman–Crippen LogP) is 0.509. The van der Waals surface area contributed by atoms with Gasteiger partial charge in [0.05, 0.1) is 11.4 Å². The number of rotatable bonds is 7. The maximum atomic E-state index is 12.6. The van der Waals surface area contributed by atoms with Gasteiger partial charge in [-0.15, -0.1) is 0 Å². The molecule has 0 bridgehead atoms. The number of nitrogens with one attached hydrogen (secondary N) is 2. The first-order valence-corrected chi connectivity index (χ1v) is 10.0. The molecular weight excluding hydrogens is 356 g/mol. The van der Waals surface area contributed by atoms with E-state index in [0.717, 1.165) is 23.6 Å². The highest BCUT2D eigenvalue weighted by atomic mass is 32.2. The van der Waals surface area contributed by atoms with Gasteiger partial charge in [-0.2, -0.15) is 4.31 Å². The molecule has 26 heavy (non-hydrogen) atoms. The van der Waals surface area contributed by atoms with Crippen LogP contribution in [-0.2, 0) is 19.6 Å². The van der Waals surface area contributed by atoms with Crippen LogP contribution < -0.4 is 16.4 Å². The van der Waals surface area contributed by atoms with Crippen LogP contribution in [0.4, 0.5) is 5.69 Å². The summed E-state index contributed by atoms with van der Waals surface area (Å²) in [6.07, 6.45) is 2.87. The zero-order chi connectivity index (χ0) is 19.3. The Morgan fingerprint density at radius 2 is 1.88 bits per heavy atom. The van der Waals surface area contributed by atoms with E-state index in [-0.39, 0.29) is 35.2 Å². The number of carbonyl (C=O) groups is 2. The molecule has 0 spiro atoms. The molecule has 4 N–H and O–H groups in total. The van der Waals surface area contributed by atoms with Crippen molar-refractivity contribution in [1.82, 2.24) is 9.62 Å². The van der Waals surface area contributed by atoms with Gasteiger partial charge in [0, 0.05) is 25.7 Å². The lowest BCUT2D eigenvalue weighted by Gasteiger charge is -2.22. The van der Waals surface area contributed by atoms with Crippen LogP contribution in [0.2, 0.25) is 0 Å². The van der Waals surface area contributed by atoms with E-state index in [1.165, 1.54) is 38.2 Å². The van der Waals surface area contributed by atoms with Gasteiger partial charge in [0.25, 0.3) is 0 Å². The van der Waals surface area contributed by atoms with Gasteiger partial charge in [0.15, 0.2) is 0 Å². The summed E-state index contributed by atoms with van der Waals surface area (Å²) in [6.45, 7) is 1.62. The fourth-order valence-corrected chi connectivity index (χ4v) is 4.27. The van der Waals surface area contributed by atoms with Gasteiger partial charge < -0.3 is 16.4 Å². The number of carbonyl (C=O) groups excluding carboxylic acids is 2. The summed E-state index contributed by atoms with van der Waals surface area (Å²) >= 11 is 0. The number of anilines is 1. The van der Waals surface area contributed by atoms with Crippen LogP contribution in [0.5, 0.6) is 0 Å². The van der Waals surface area contributed by atoms with Crippen molar-refractivity contribution in [2.45, 2.75) is 37.1 Å². The van der Waals surface area contributed by atoms with Crippen molar-refractivity contribution in [3.63, 3.8) is 0 Å². The number of hydrogen-bond acceptors (Lipinski definition) is 5. The van der Waals surface area contributed by atoms with E-state index >= 15 is 0 Å². The van der Waals surface area contributed by atoms with Crippen molar-refractivity contribution >= 4 is 27.5 Å². The van der Waals surface area contributed by atoms with Crippen LogP contribution in [0.15, 0.2) is 29.2 Å². The van der Waals surface area contributed by atoms with Crippen LogP contribution in [0.25, 0.3) is 0 Å². The fourth-order valence-electron chi connectivity index (χ4n) is 3.14. The summed E-state index contributed by atoms with van der Waals surface area (Å²) in [4.78, 5) is 23.3. The summed E-state index contributed by atoms with van der Waals surface area (Å²) in [7, 11) is -2.43. The summed E-state index contributed by atoms with van der Waals surface area (Å²) < 4.78 is 26.2. The highest BCUT2D eigenvalue weighted by molar-refractivity contribution is 7.89. The topological polar surface area (TPSA) is 122 Å². The summed E-state index contributed by atoms with van der Waals surface area (Å²) in [5.41, 5.74) is 6.21. The normalized spacial score (nSPS) is 20.2. The average molecular weight is 382 g/mol. The Bertz CT molecular complexity index is 749. The number of benzene rings is 1. The minimum Gasteiger partial charge on any atom is -0.352 e. The third kappa shape index (κ3) is 5.03. The fraction of sp³-hybridized carbons (Fsp3) is 0.529. The van der Waals surface area contributed by atoms with E-state index in [1.807, 2.05) is 0 Å². The second kappa shape index (κ2) is 8.61. The zero-order valence-electron chi connectivity index (χ0n) is 15.1. The maximum Gasteiger partial charge on any atom is 0.243 e. The minimum atomic E-state index is -3.80. The Hall–Kier alpha value is -1.97. The van der Waals surface area contributed by atoms with Crippen LogP contribution in [0.1, 0.15) is 26.2 Å². The van der Waals surface area contributed by atoms with Crippen LogP contribution in [0.3, 0.4) is 0 Å². The largest absolute Gasteiger partial charge is 0.352 e. The Balaban J connectivity index is 1.99. The molecule has 0 radical (unpaired) electrons. The Morgan fingerprint density at radius 3 is 2.46 bits per heavy atom. The van der Waals surface area contributed by atoms with Crippen LogP contribution >= 0.6 is 0 Å².